The molecule has 1 saturated heterocycles. The molecular weight excluding hydrogens is 398 g/mol. The Morgan fingerprint density at radius 2 is 1.81 bits per heavy atom. The first kappa shape index (κ1) is 21.6. The molecule has 7 heteroatoms. The third-order valence-electron chi connectivity index (χ3n) is 5.85. The Morgan fingerprint density at radius 1 is 1.06 bits per heavy atom. The van der Waals surface area contributed by atoms with Gasteiger partial charge in [0.25, 0.3) is 0 Å². The average Bonchev–Trinajstić information content (AvgIpc) is 2.73. The van der Waals surface area contributed by atoms with E-state index in [4.69, 9.17) is 13.9 Å². The highest BCUT2D eigenvalue weighted by atomic mass is 16.6. The molecule has 0 amide bonds. The standard InChI is InChI=1S/C24H29NO6/c1-24(2,3)31-23(28)19-11-8-14(13-25-19)21(26)29-15-9-10-17-16-6-4-5-7-18(16)22(27)30-20(17)12-15/h9-10,12,14,19,25H,4-8,11,13H2,1-3H3/t14-,19-/m0/s1. The normalized spacial score (nSPS) is 21.4. The fraction of sp³-hybridized carbons (Fsp3) is 0.542. The summed E-state index contributed by atoms with van der Waals surface area (Å²) < 4.78 is 16.5. The predicted molar refractivity (Wildman–Crippen MR) is 115 cm³/mol. The second-order valence-electron chi connectivity index (χ2n) is 9.40. The van der Waals surface area contributed by atoms with Gasteiger partial charge < -0.3 is 19.2 Å². The van der Waals surface area contributed by atoms with Crippen molar-refractivity contribution >= 4 is 22.9 Å². The Bertz CT molecular complexity index is 1060. The SMILES string of the molecule is CC(C)(C)OC(=O)[C@@H]1CC[C@H](C(=O)Oc2ccc3c4c(c(=O)oc3c2)CCCC4)CN1. The van der Waals surface area contributed by atoms with E-state index in [1.807, 2.05) is 26.8 Å². The van der Waals surface area contributed by atoms with Crippen molar-refractivity contribution in [1.29, 1.82) is 0 Å². The maximum absolute atomic E-state index is 12.6. The van der Waals surface area contributed by atoms with Gasteiger partial charge in [-0.3, -0.25) is 9.59 Å². The summed E-state index contributed by atoms with van der Waals surface area (Å²) in [5.74, 6) is -0.669. The molecule has 166 valence electrons. The molecule has 1 aromatic heterocycles. The van der Waals surface area contributed by atoms with Crippen LogP contribution in [0.25, 0.3) is 11.0 Å². The second kappa shape index (κ2) is 8.46. The lowest BCUT2D eigenvalue weighted by molar-refractivity contribution is -0.159. The number of nitrogens with one attached hydrogen (secondary N) is 1. The van der Waals surface area contributed by atoms with Crippen molar-refractivity contribution in [3.05, 3.63) is 39.7 Å². The lowest BCUT2D eigenvalue weighted by Gasteiger charge is -2.29. The summed E-state index contributed by atoms with van der Waals surface area (Å²) in [4.78, 5) is 37.1. The molecule has 1 aliphatic carbocycles. The van der Waals surface area contributed by atoms with Crippen LogP contribution in [0.15, 0.2) is 27.4 Å². The third kappa shape index (κ3) is 4.82. The number of hydrogen-bond acceptors (Lipinski definition) is 7. The molecule has 2 atom stereocenters. The van der Waals surface area contributed by atoms with Crippen molar-refractivity contribution in [2.45, 2.75) is 70.9 Å². The van der Waals surface area contributed by atoms with Gasteiger partial charge in [-0.2, -0.15) is 0 Å². The second-order valence-corrected chi connectivity index (χ2v) is 9.40. The zero-order valence-electron chi connectivity index (χ0n) is 18.3. The van der Waals surface area contributed by atoms with Gasteiger partial charge in [0, 0.05) is 23.6 Å². The number of esters is 2. The largest absolute Gasteiger partial charge is 0.459 e. The Hall–Kier alpha value is -2.67. The van der Waals surface area contributed by atoms with Gasteiger partial charge in [0.2, 0.25) is 0 Å². The van der Waals surface area contributed by atoms with Crippen molar-refractivity contribution in [1.82, 2.24) is 5.32 Å². The van der Waals surface area contributed by atoms with Crippen LogP contribution >= 0.6 is 0 Å². The molecule has 7 nitrogen and oxygen atoms in total. The van der Waals surface area contributed by atoms with E-state index in [-0.39, 0.29) is 23.5 Å². The van der Waals surface area contributed by atoms with Crippen molar-refractivity contribution in [3.63, 3.8) is 0 Å². The number of carbonyl (C=O) groups excluding carboxylic acids is 2. The molecule has 0 radical (unpaired) electrons. The van der Waals surface area contributed by atoms with Crippen LogP contribution in [-0.2, 0) is 27.2 Å². The number of rotatable bonds is 3. The summed E-state index contributed by atoms with van der Waals surface area (Å²) in [6.45, 7) is 5.83. The van der Waals surface area contributed by atoms with Crippen LogP contribution in [0.4, 0.5) is 0 Å². The number of hydrogen-bond donors (Lipinski definition) is 1. The molecule has 4 rings (SSSR count). The Morgan fingerprint density at radius 3 is 2.48 bits per heavy atom. The summed E-state index contributed by atoms with van der Waals surface area (Å²) in [5.41, 5.74) is 1.44. The van der Waals surface area contributed by atoms with Crippen LogP contribution in [0.3, 0.4) is 0 Å². The molecule has 0 bridgehead atoms. The number of benzene rings is 1. The zero-order chi connectivity index (χ0) is 22.2. The summed E-state index contributed by atoms with van der Waals surface area (Å²) >= 11 is 0. The fourth-order valence-electron chi connectivity index (χ4n) is 4.32. The third-order valence-corrected chi connectivity index (χ3v) is 5.85. The van der Waals surface area contributed by atoms with E-state index >= 15 is 0 Å². The highest BCUT2D eigenvalue weighted by molar-refractivity contribution is 5.84. The minimum absolute atomic E-state index is 0.296. The van der Waals surface area contributed by atoms with Crippen molar-refractivity contribution in [2.24, 2.45) is 5.92 Å². The fourth-order valence-corrected chi connectivity index (χ4v) is 4.32. The molecule has 1 aliphatic heterocycles. The minimum atomic E-state index is -0.543. The Balaban J connectivity index is 1.41. The molecule has 2 aliphatic rings. The lowest BCUT2D eigenvalue weighted by Crippen LogP contribution is -2.48. The van der Waals surface area contributed by atoms with Gasteiger partial charge in [0.05, 0.1) is 5.92 Å². The van der Waals surface area contributed by atoms with E-state index in [9.17, 15) is 14.4 Å². The van der Waals surface area contributed by atoms with Crippen molar-refractivity contribution in [2.75, 3.05) is 6.54 Å². The highest BCUT2D eigenvalue weighted by Crippen LogP contribution is 2.29. The summed E-state index contributed by atoms with van der Waals surface area (Å²) in [7, 11) is 0. The van der Waals surface area contributed by atoms with Gasteiger partial charge in [-0.15, -0.1) is 0 Å². The van der Waals surface area contributed by atoms with Crippen LogP contribution in [-0.4, -0.2) is 30.1 Å². The maximum Gasteiger partial charge on any atom is 0.339 e. The molecule has 0 unspecified atom stereocenters. The molecule has 1 aromatic carbocycles. The van der Waals surface area contributed by atoms with Gasteiger partial charge >= 0.3 is 17.6 Å². The van der Waals surface area contributed by atoms with E-state index < -0.39 is 11.6 Å². The van der Waals surface area contributed by atoms with E-state index in [0.717, 1.165) is 42.2 Å². The molecule has 1 N–H and O–H groups in total. The summed E-state index contributed by atoms with van der Waals surface area (Å²) in [6, 6.07) is 4.81. The first-order valence-corrected chi connectivity index (χ1v) is 11.0. The average molecular weight is 427 g/mol. The highest BCUT2D eigenvalue weighted by Gasteiger charge is 2.33. The number of piperidine rings is 1. The van der Waals surface area contributed by atoms with E-state index in [2.05, 4.69) is 5.32 Å². The van der Waals surface area contributed by atoms with Crippen molar-refractivity contribution in [3.8, 4) is 5.75 Å². The molecule has 2 heterocycles. The van der Waals surface area contributed by atoms with Crippen LogP contribution in [0.5, 0.6) is 5.75 Å². The van der Waals surface area contributed by atoms with E-state index in [0.29, 0.717) is 30.7 Å². The number of ether oxygens (including phenoxy) is 2. The van der Waals surface area contributed by atoms with Gasteiger partial charge in [-0.1, -0.05) is 0 Å². The predicted octanol–water partition coefficient (Wildman–Crippen LogP) is 3.29. The smallest absolute Gasteiger partial charge is 0.339 e. The molecule has 31 heavy (non-hydrogen) atoms. The lowest BCUT2D eigenvalue weighted by atomic mass is 9.91. The van der Waals surface area contributed by atoms with E-state index in [1.165, 1.54) is 0 Å². The first-order chi connectivity index (χ1) is 14.7. The Labute approximate surface area is 181 Å². The van der Waals surface area contributed by atoms with Crippen LogP contribution < -0.4 is 15.7 Å². The van der Waals surface area contributed by atoms with Crippen molar-refractivity contribution < 1.29 is 23.5 Å². The first-order valence-electron chi connectivity index (χ1n) is 11.0. The van der Waals surface area contributed by atoms with Crippen LogP contribution in [0.1, 0.15) is 57.6 Å². The quantitative estimate of drug-likeness (QED) is 0.456. The summed E-state index contributed by atoms with van der Waals surface area (Å²) in [6.07, 6.45) is 4.72. The molecule has 0 spiro atoms. The topological polar surface area (TPSA) is 94.8 Å². The summed E-state index contributed by atoms with van der Waals surface area (Å²) in [5, 5.41) is 4.01. The zero-order valence-corrected chi connectivity index (χ0v) is 18.3. The van der Waals surface area contributed by atoms with Gasteiger partial charge in [-0.05, 0) is 77.0 Å². The van der Waals surface area contributed by atoms with E-state index in [1.54, 1.807) is 12.1 Å². The Kier molecular flexibility index (Phi) is 5.88. The monoisotopic (exact) mass is 427 g/mol. The van der Waals surface area contributed by atoms with Crippen LogP contribution in [0.2, 0.25) is 0 Å². The molecular formula is C24H29NO6. The number of fused-ring (bicyclic) bond motifs is 3. The molecule has 2 aromatic rings. The number of aryl methyl sites for hydroxylation is 1. The van der Waals surface area contributed by atoms with Crippen LogP contribution in [0, 0.1) is 5.92 Å². The van der Waals surface area contributed by atoms with Gasteiger partial charge in [0.1, 0.15) is 23.0 Å². The van der Waals surface area contributed by atoms with Gasteiger partial charge in [-0.25, -0.2) is 4.79 Å². The molecule has 1 fully saturated rings. The molecule has 0 saturated carbocycles. The number of carbonyl (C=O) groups is 2. The maximum atomic E-state index is 12.6. The minimum Gasteiger partial charge on any atom is -0.459 e. The van der Waals surface area contributed by atoms with Gasteiger partial charge in [0.15, 0.2) is 0 Å².